The van der Waals surface area contributed by atoms with Crippen molar-refractivity contribution in [3.05, 3.63) is 83.9 Å². The third-order valence-corrected chi connectivity index (χ3v) is 7.27. The van der Waals surface area contributed by atoms with E-state index in [2.05, 4.69) is 5.32 Å². The van der Waals surface area contributed by atoms with Gasteiger partial charge in [0.2, 0.25) is 0 Å². The van der Waals surface area contributed by atoms with Crippen LogP contribution in [0.5, 0.6) is 23.0 Å². The molecule has 0 radical (unpaired) electrons. The monoisotopic (exact) mass is 590 g/mol. The van der Waals surface area contributed by atoms with E-state index in [1.165, 1.54) is 0 Å². The van der Waals surface area contributed by atoms with Gasteiger partial charge in [0.15, 0.2) is 11.5 Å². The Kier molecular flexibility index (Phi) is 11.8. The summed E-state index contributed by atoms with van der Waals surface area (Å²) < 4.78 is 28.1. The number of amides is 1. The number of rotatable bonds is 14. The van der Waals surface area contributed by atoms with Gasteiger partial charge in [-0.2, -0.15) is 0 Å². The Morgan fingerprint density at radius 3 is 2.40 bits per heavy atom. The number of nitrogens with zero attached hydrogens (tertiary/aromatic N) is 1. The minimum absolute atomic E-state index is 0.0110. The van der Waals surface area contributed by atoms with Crippen molar-refractivity contribution in [2.24, 2.45) is 5.92 Å². The van der Waals surface area contributed by atoms with Gasteiger partial charge in [0.05, 0.1) is 25.9 Å². The largest absolute Gasteiger partial charge is 0.493 e. The summed E-state index contributed by atoms with van der Waals surface area (Å²) >= 11 is 0. The van der Waals surface area contributed by atoms with E-state index in [1.54, 1.807) is 74.9 Å². The lowest BCUT2D eigenvalue weighted by atomic mass is 9.94. The van der Waals surface area contributed by atoms with Gasteiger partial charge in [-0.3, -0.25) is 4.79 Å². The average Bonchev–Trinajstić information content (AvgIpc) is 3.02. The van der Waals surface area contributed by atoms with Crippen molar-refractivity contribution >= 4 is 11.9 Å². The fourth-order valence-electron chi connectivity index (χ4n) is 5.21. The van der Waals surface area contributed by atoms with Crippen LogP contribution in [-0.2, 0) is 4.74 Å². The smallest absolute Gasteiger partial charge is 0.343 e. The Labute approximate surface area is 254 Å². The number of hydrogen-bond acceptors (Lipinski definition) is 8. The zero-order valence-electron chi connectivity index (χ0n) is 25.4. The highest BCUT2D eigenvalue weighted by Gasteiger charge is 2.32. The number of carbonyl (C=O) groups is 2. The molecule has 3 aromatic rings. The highest BCUT2D eigenvalue weighted by Crippen LogP contribution is 2.30. The molecule has 230 valence electrons. The van der Waals surface area contributed by atoms with Gasteiger partial charge in [0.1, 0.15) is 11.5 Å². The van der Waals surface area contributed by atoms with Crippen molar-refractivity contribution in [1.82, 2.24) is 10.2 Å². The van der Waals surface area contributed by atoms with Crippen LogP contribution < -0.4 is 24.3 Å². The number of nitrogens with one attached hydrogen (secondary N) is 1. The lowest BCUT2D eigenvalue weighted by molar-refractivity contribution is 0.0508. The van der Waals surface area contributed by atoms with Crippen molar-refractivity contribution in [2.45, 2.75) is 38.8 Å². The van der Waals surface area contributed by atoms with Crippen LogP contribution in [0.15, 0.2) is 72.8 Å². The van der Waals surface area contributed by atoms with Crippen molar-refractivity contribution in [1.29, 1.82) is 0 Å². The predicted molar refractivity (Wildman–Crippen MR) is 164 cm³/mol. The van der Waals surface area contributed by atoms with Crippen LogP contribution in [0, 0.1) is 5.92 Å². The number of piperidine rings is 1. The fourth-order valence-corrected chi connectivity index (χ4v) is 5.21. The van der Waals surface area contributed by atoms with E-state index < -0.39 is 5.97 Å². The third kappa shape index (κ3) is 8.95. The first kappa shape index (κ1) is 31.8. The molecule has 1 fully saturated rings. The van der Waals surface area contributed by atoms with Gasteiger partial charge in [0, 0.05) is 62.9 Å². The zero-order valence-corrected chi connectivity index (χ0v) is 25.4. The van der Waals surface area contributed by atoms with Gasteiger partial charge in [-0.15, -0.1) is 0 Å². The second kappa shape index (κ2) is 16.0. The molecule has 0 unspecified atom stereocenters. The molecule has 9 heteroatoms. The lowest BCUT2D eigenvalue weighted by Gasteiger charge is -2.40. The number of ether oxygens (including phenoxy) is 5. The molecule has 4 rings (SSSR count). The standard InChI is InChI=1S/C34H42N2O7/c1-24(2)36(33(37)27-14-15-31(40-4)32(19-27)41-17-9-16-39-3)28-18-25(21-35-22-28)23-42-29-12-8-13-30(20-29)43-34(38)26-10-6-5-7-11-26/h5-8,10-15,19-20,24-25,28,35H,9,16-18,21-23H2,1-4H3/t25-,28+/m0/s1. The lowest BCUT2D eigenvalue weighted by Crippen LogP contribution is -2.54. The summed E-state index contributed by atoms with van der Waals surface area (Å²) in [4.78, 5) is 28.2. The Morgan fingerprint density at radius 2 is 1.65 bits per heavy atom. The third-order valence-electron chi connectivity index (χ3n) is 7.27. The first-order valence-electron chi connectivity index (χ1n) is 14.7. The number of benzene rings is 3. The molecule has 2 atom stereocenters. The molecule has 3 aromatic carbocycles. The molecule has 43 heavy (non-hydrogen) atoms. The summed E-state index contributed by atoms with van der Waals surface area (Å²) in [7, 11) is 3.24. The Bertz CT molecular complexity index is 1330. The second-order valence-electron chi connectivity index (χ2n) is 10.8. The summed E-state index contributed by atoms with van der Waals surface area (Å²) in [6.45, 7) is 7.06. The zero-order chi connectivity index (χ0) is 30.6. The highest BCUT2D eigenvalue weighted by atomic mass is 16.5. The van der Waals surface area contributed by atoms with Crippen LogP contribution in [0.3, 0.4) is 0 Å². The second-order valence-corrected chi connectivity index (χ2v) is 10.8. The number of esters is 1. The summed E-state index contributed by atoms with van der Waals surface area (Å²) in [6, 6.07) is 21.3. The Balaban J connectivity index is 1.38. The molecule has 0 aliphatic carbocycles. The highest BCUT2D eigenvalue weighted by molar-refractivity contribution is 5.95. The van der Waals surface area contributed by atoms with Crippen LogP contribution in [0.25, 0.3) is 0 Å². The molecular weight excluding hydrogens is 548 g/mol. The average molecular weight is 591 g/mol. The van der Waals surface area contributed by atoms with Crippen molar-refractivity contribution in [2.75, 3.05) is 47.1 Å². The molecule has 9 nitrogen and oxygen atoms in total. The maximum absolute atomic E-state index is 13.8. The molecule has 1 aliphatic heterocycles. The van der Waals surface area contributed by atoms with Crippen LogP contribution >= 0.6 is 0 Å². The van der Waals surface area contributed by atoms with Gasteiger partial charge in [0.25, 0.3) is 5.91 Å². The van der Waals surface area contributed by atoms with Gasteiger partial charge < -0.3 is 33.9 Å². The van der Waals surface area contributed by atoms with Crippen molar-refractivity contribution < 1.29 is 33.3 Å². The van der Waals surface area contributed by atoms with Crippen LogP contribution in [0.4, 0.5) is 0 Å². The minimum Gasteiger partial charge on any atom is -0.493 e. The number of carbonyl (C=O) groups excluding carboxylic acids is 2. The molecule has 0 bridgehead atoms. The molecule has 1 amide bonds. The van der Waals surface area contributed by atoms with Crippen LogP contribution in [-0.4, -0.2) is 76.0 Å². The van der Waals surface area contributed by atoms with Gasteiger partial charge >= 0.3 is 5.97 Å². The van der Waals surface area contributed by atoms with E-state index in [-0.39, 0.29) is 23.9 Å². The maximum Gasteiger partial charge on any atom is 0.343 e. The van der Waals surface area contributed by atoms with E-state index >= 15 is 0 Å². The SMILES string of the molecule is COCCCOc1cc(C(=O)N(C(C)C)[C@H]2CNC[C@@H](COc3cccc(OC(=O)c4ccccc4)c3)C2)ccc1OC. The van der Waals surface area contributed by atoms with E-state index in [1.807, 2.05) is 30.9 Å². The quantitative estimate of drug-likeness (QED) is 0.155. The van der Waals surface area contributed by atoms with Crippen LogP contribution in [0.1, 0.15) is 47.4 Å². The summed E-state index contributed by atoms with van der Waals surface area (Å²) in [5.41, 5.74) is 1.04. The molecule has 1 aliphatic rings. The van der Waals surface area contributed by atoms with E-state index in [9.17, 15) is 9.59 Å². The van der Waals surface area contributed by atoms with Crippen molar-refractivity contribution in [3.8, 4) is 23.0 Å². The summed E-state index contributed by atoms with van der Waals surface area (Å²) in [6.07, 6.45) is 1.52. The molecule has 0 aromatic heterocycles. The normalized spacial score (nSPS) is 16.4. The first-order valence-corrected chi connectivity index (χ1v) is 14.7. The topological polar surface area (TPSA) is 95.6 Å². The molecule has 1 heterocycles. The molecule has 1 N–H and O–H groups in total. The van der Waals surface area contributed by atoms with E-state index in [4.69, 9.17) is 23.7 Å². The fraction of sp³-hybridized carbons (Fsp3) is 0.412. The number of hydrogen-bond donors (Lipinski definition) is 1. The maximum atomic E-state index is 13.8. The molecule has 1 saturated heterocycles. The van der Waals surface area contributed by atoms with Gasteiger partial charge in [-0.1, -0.05) is 24.3 Å². The van der Waals surface area contributed by atoms with E-state index in [0.29, 0.717) is 60.5 Å². The van der Waals surface area contributed by atoms with Crippen LogP contribution in [0.2, 0.25) is 0 Å². The Morgan fingerprint density at radius 1 is 0.860 bits per heavy atom. The molecular formula is C34H42N2O7. The van der Waals surface area contributed by atoms with Gasteiger partial charge in [-0.05, 0) is 62.7 Å². The Hall–Kier alpha value is -4.08. The van der Waals surface area contributed by atoms with Crippen molar-refractivity contribution in [3.63, 3.8) is 0 Å². The summed E-state index contributed by atoms with van der Waals surface area (Å²) in [5, 5.41) is 3.49. The summed E-state index contributed by atoms with van der Waals surface area (Å²) in [5.74, 6) is 1.87. The molecule has 0 spiro atoms. The predicted octanol–water partition coefficient (Wildman–Crippen LogP) is 5.24. The minimum atomic E-state index is -0.419. The molecule has 0 saturated carbocycles. The first-order chi connectivity index (χ1) is 20.9. The number of methoxy groups -OCH3 is 2. The van der Waals surface area contributed by atoms with E-state index in [0.717, 1.165) is 19.4 Å². The van der Waals surface area contributed by atoms with Gasteiger partial charge in [-0.25, -0.2) is 4.79 Å².